The summed E-state index contributed by atoms with van der Waals surface area (Å²) in [4.78, 5) is 73.0. The van der Waals surface area contributed by atoms with Crippen molar-refractivity contribution < 1.29 is 80.2 Å². The fourth-order valence-corrected chi connectivity index (χ4v) is 13.8. The fraction of sp³-hybridized carbons (Fsp3) is 0.950. The Morgan fingerprint density at radius 3 is 0.717 bits per heavy atom. The van der Waals surface area contributed by atoms with E-state index < -0.39 is 97.5 Å². The van der Waals surface area contributed by atoms with Crippen molar-refractivity contribution in [3.05, 3.63) is 0 Å². The van der Waals surface area contributed by atoms with Gasteiger partial charge in [-0.25, -0.2) is 9.13 Å². The predicted molar refractivity (Wildman–Crippen MR) is 404 cm³/mol. The Morgan fingerprint density at radius 2 is 0.485 bits per heavy atom. The molecule has 0 aliphatic carbocycles. The Kier molecular flexibility index (Phi) is 67.8. The van der Waals surface area contributed by atoms with Gasteiger partial charge in [0, 0.05) is 25.7 Å². The van der Waals surface area contributed by atoms with Gasteiger partial charge in [0.15, 0.2) is 12.2 Å². The molecule has 0 radical (unpaired) electrons. The van der Waals surface area contributed by atoms with E-state index in [1.54, 1.807) is 0 Å². The molecule has 0 aliphatic rings. The number of hydrogen-bond donors (Lipinski definition) is 3. The van der Waals surface area contributed by atoms with E-state index in [4.69, 9.17) is 37.0 Å². The average Bonchev–Trinajstić information content (AvgIpc) is 1.15. The van der Waals surface area contributed by atoms with Gasteiger partial charge in [0.25, 0.3) is 0 Å². The van der Waals surface area contributed by atoms with Crippen molar-refractivity contribution in [2.45, 2.75) is 427 Å². The maximum absolute atomic E-state index is 13.1. The van der Waals surface area contributed by atoms with Crippen LogP contribution < -0.4 is 0 Å². The number of hydrogen-bond acceptors (Lipinski definition) is 15. The number of carbonyl (C=O) groups excluding carboxylic acids is 4. The van der Waals surface area contributed by atoms with Crippen molar-refractivity contribution in [2.24, 2.45) is 23.7 Å². The molecule has 19 heteroatoms. The van der Waals surface area contributed by atoms with E-state index >= 15 is 0 Å². The number of esters is 4. The van der Waals surface area contributed by atoms with Crippen molar-refractivity contribution in [1.82, 2.24) is 0 Å². The summed E-state index contributed by atoms with van der Waals surface area (Å²) in [7, 11) is -9.92. The Hall–Kier alpha value is -1.94. The lowest BCUT2D eigenvalue weighted by atomic mass is 9.99. The van der Waals surface area contributed by atoms with E-state index in [2.05, 4.69) is 55.4 Å². The molecule has 0 saturated heterocycles. The van der Waals surface area contributed by atoms with Crippen molar-refractivity contribution in [3.63, 3.8) is 0 Å². The third-order valence-corrected chi connectivity index (χ3v) is 20.8. The first-order valence-electron chi connectivity index (χ1n) is 41.2. The summed E-state index contributed by atoms with van der Waals surface area (Å²) in [6.07, 6.45) is 55.5. The molecule has 3 N–H and O–H groups in total. The summed E-state index contributed by atoms with van der Waals surface area (Å²) in [6, 6.07) is 0. The number of carbonyl (C=O) groups is 4. The van der Waals surface area contributed by atoms with Gasteiger partial charge < -0.3 is 33.8 Å². The van der Waals surface area contributed by atoms with Gasteiger partial charge in [-0.05, 0) is 49.4 Å². The van der Waals surface area contributed by atoms with Crippen LogP contribution in [-0.4, -0.2) is 96.7 Å². The minimum absolute atomic E-state index is 0.106. The monoisotopic (exact) mass is 1450 g/mol. The molecule has 0 saturated carbocycles. The molecule has 0 bridgehead atoms. The zero-order chi connectivity index (χ0) is 73.1. The molecule has 0 aliphatic heterocycles. The van der Waals surface area contributed by atoms with E-state index in [0.717, 1.165) is 114 Å². The predicted octanol–water partition coefficient (Wildman–Crippen LogP) is 23.6. The molecule has 0 heterocycles. The van der Waals surface area contributed by atoms with E-state index in [-0.39, 0.29) is 25.7 Å². The lowest BCUT2D eigenvalue weighted by molar-refractivity contribution is -0.161. The van der Waals surface area contributed by atoms with Crippen LogP contribution in [0.4, 0.5) is 0 Å². The summed E-state index contributed by atoms with van der Waals surface area (Å²) in [5, 5.41) is 10.6. The van der Waals surface area contributed by atoms with Crippen molar-refractivity contribution >= 4 is 39.5 Å². The Balaban J connectivity index is 5.23. The molecule has 6 atom stereocenters. The van der Waals surface area contributed by atoms with Crippen LogP contribution in [0, 0.1) is 23.7 Å². The van der Waals surface area contributed by atoms with Crippen molar-refractivity contribution in [3.8, 4) is 0 Å². The highest BCUT2D eigenvalue weighted by Crippen LogP contribution is 2.45. The molecule has 0 fully saturated rings. The van der Waals surface area contributed by atoms with Crippen LogP contribution in [0.5, 0.6) is 0 Å². The molecule has 0 amide bonds. The Morgan fingerprint density at radius 1 is 0.283 bits per heavy atom. The fourth-order valence-electron chi connectivity index (χ4n) is 12.2. The van der Waals surface area contributed by atoms with Gasteiger partial charge in [0.05, 0.1) is 26.4 Å². The minimum atomic E-state index is -4.96. The first-order chi connectivity index (χ1) is 47.6. The highest BCUT2D eigenvalue weighted by molar-refractivity contribution is 7.47. The Bertz CT molecular complexity index is 1940. The molecular formula is C80H156O17P2. The van der Waals surface area contributed by atoms with Crippen molar-refractivity contribution in [1.29, 1.82) is 0 Å². The lowest BCUT2D eigenvalue weighted by Gasteiger charge is -2.21. The summed E-state index contributed by atoms with van der Waals surface area (Å²) in [5.41, 5.74) is 0. The topological polar surface area (TPSA) is 237 Å². The number of aliphatic hydroxyl groups is 1. The summed E-state index contributed by atoms with van der Waals surface area (Å²) < 4.78 is 68.7. The number of rotatable bonds is 77. The van der Waals surface area contributed by atoms with Crippen LogP contribution in [0.15, 0.2) is 0 Å². The molecule has 99 heavy (non-hydrogen) atoms. The third kappa shape index (κ3) is 72.8. The number of phosphoric acid groups is 2. The first kappa shape index (κ1) is 97.1. The quantitative estimate of drug-likeness (QED) is 0.0222. The van der Waals surface area contributed by atoms with Crippen LogP contribution in [0.1, 0.15) is 409 Å². The zero-order valence-corrected chi connectivity index (χ0v) is 66.9. The maximum Gasteiger partial charge on any atom is 0.472 e. The molecular weight excluding hydrogens is 1290 g/mol. The SMILES string of the molecule is CCC(C)CCCCCCCCCCCCC(=O)O[C@H](COC(=O)CCCCCCCCCCCCCCCCCC(C)C)COP(=O)(O)OCC(O)COP(=O)(O)OC[C@@H](COC(=O)CCCCCCCCCC(C)C)OC(=O)CCCCCCCCCCCCCCCCC(C)C. The number of ether oxygens (including phenoxy) is 4. The van der Waals surface area contributed by atoms with Gasteiger partial charge in [0.1, 0.15) is 19.3 Å². The van der Waals surface area contributed by atoms with Crippen LogP contribution in [0.25, 0.3) is 0 Å². The number of unbranched alkanes of at least 4 members (excludes halogenated alkanes) is 42. The molecule has 0 rings (SSSR count). The van der Waals surface area contributed by atoms with Crippen molar-refractivity contribution in [2.75, 3.05) is 39.6 Å². The second-order valence-electron chi connectivity index (χ2n) is 30.5. The van der Waals surface area contributed by atoms with E-state index in [9.17, 15) is 43.2 Å². The van der Waals surface area contributed by atoms with E-state index in [0.29, 0.717) is 31.6 Å². The minimum Gasteiger partial charge on any atom is -0.462 e. The third-order valence-electron chi connectivity index (χ3n) is 18.9. The van der Waals surface area contributed by atoms with Gasteiger partial charge in [0.2, 0.25) is 0 Å². The summed E-state index contributed by atoms with van der Waals surface area (Å²) in [6.45, 7) is 14.3. The van der Waals surface area contributed by atoms with Crippen LogP contribution in [0.3, 0.4) is 0 Å². The molecule has 588 valence electrons. The maximum atomic E-state index is 13.1. The standard InChI is InChI=1S/C80H156O17P2/c1-9-73(8)59-51-43-35-27-23-24-30-38-47-55-63-80(85)96-75(66-90-77(82)60-52-44-36-28-21-17-12-10-11-15-19-25-32-40-48-56-70(2)3)68-94-98(86,87)92-64-74(81)65-93-99(88,89)95-69-76(67-91-78(83)61-53-45-39-31-34-42-50-58-72(6)7)97-79(84)62-54-46-37-29-22-18-14-13-16-20-26-33-41-49-57-71(4)5/h70-76,81H,9-69H2,1-8H3,(H,86,87)(H,88,89)/t73?,74?,75-,76-/m1/s1. The van der Waals surface area contributed by atoms with Gasteiger partial charge in [-0.1, -0.05) is 357 Å². The Labute approximate surface area is 607 Å². The molecule has 17 nitrogen and oxygen atoms in total. The van der Waals surface area contributed by atoms with Gasteiger partial charge in [-0.3, -0.25) is 37.3 Å². The number of aliphatic hydroxyl groups excluding tert-OH is 1. The second-order valence-corrected chi connectivity index (χ2v) is 33.4. The van der Waals surface area contributed by atoms with Gasteiger partial charge >= 0.3 is 39.5 Å². The van der Waals surface area contributed by atoms with Gasteiger partial charge in [-0.15, -0.1) is 0 Å². The van der Waals surface area contributed by atoms with E-state index in [1.165, 1.54) is 205 Å². The summed E-state index contributed by atoms with van der Waals surface area (Å²) in [5.74, 6) is 0.994. The lowest BCUT2D eigenvalue weighted by Crippen LogP contribution is -2.30. The summed E-state index contributed by atoms with van der Waals surface area (Å²) >= 11 is 0. The molecule has 0 spiro atoms. The smallest absolute Gasteiger partial charge is 0.462 e. The van der Waals surface area contributed by atoms with E-state index in [1.807, 2.05) is 0 Å². The van der Waals surface area contributed by atoms with Crippen LogP contribution in [0.2, 0.25) is 0 Å². The number of phosphoric ester groups is 2. The first-order valence-corrected chi connectivity index (χ1v) is 44.2. The molecule has 4 unspecified atom stereocenters. The normalized spacial score (nSPS) is 14.3. The largest absolute Gasteiger partial charge is 0.472 e. The van der Waals surface area contributed by atoms with Crippen LogP contribution in [-0.2, 0) is 65.4 Å². The molecule has 0 aromatic heterocycles. The highest BCUT2D eigenvalue weighted by atomic mass is 31.2. The zero-order valence-electron chi connectivity index (χ0n) is 65.1. The highest BCUT2D eigenvalue weighted by Gasteiger charge is 2.30. The van der Waals surface area contributed by atoms with Crippen LogP contribution >= 0.6 is 15.6 Å². The average molecular weight is 1450 g/mol. The second kappa shape index (κ2) is 69.1. The molecule has 0 aromatic rings. The van der Waals surface area contributed by atoms with Gasteiger partial charge in [-0.2, -0.15) is 0 Å². The molecule has 0 aromatic carbocycles.